The van der Waals surface area contributed by atoms with Gasteiger partial charge in [-0.2, -0.15) is 0 Å². The molecule has 0 aliphatic rings. The second-order valence-corrected chi connectivity index (χ2v) is 5.10. The van der Waals surface area contributed by atoms with Crippen LogP contribution in [0.1, 0.15) is 21.6 Å². The summed E-state index contributed by atoms with van der Waals surface area (Å²) in [5.41, 5.74) is 8.00. The monoisotopic (exact) mass is 282 g/mol. The number of hydrogen-bond donors (Lipinski definition) is 1. The Kier molecular flexibility index (Phi) is 3.22. The maximum atomic E-state index is 14.1. The Labute approximate surface area is 121 Å². The van der Waals surface area contributed by atoms with Crippen molar-refractivity contribution in [3.8, 4) is 0 Å². The number of amides is 1. The first kappa shape index (κ1) is 13.4. The third kappa shape index (κ3) is 2.40. The highest BCUT2D eigenvalue weighted by Gasteiger charge is 2.10. The highest BCUT2D eigenvalue weighted by atomic mass is 19.1. The maximum absolute atomic E-state index is 14.1. The number of fused-ring (bicyclic) bond motifs is 1. The van der Waals surface area contributed by atoms with Gasteiger partial charge in [0.15, 0.2) is 0 Å². The van der Waals surface area contributed by atoms with Crippen LogP contribution in [0.25, 0.3) is 10.9 Å². The Hall–Kier alpha value is -2.62. The lowest BCUT2D eigenvalue weighted by molar-refractivity contribution is 0.1000. The van der Waals surface area contributed by atoms with E-state index in [9.17, 15) is 9.18 Å². The molecule has 1 amide bonds. The first-order valence-corrected chi connectivity index (χ1v) is 6.69. The van der Waals surface area contributed by atoms with Gasteiger partial charge in [0.1, 0.15) is 5.82 Å². The highest BCUT2D eigenvalue weighted by molar-refractivity contribution is 5.92. The number of carbonyl (C=O) groups is 1. The zero-order chi connectivity index (χ0) is 15.0. The molecule has 1 aromatic heterocycles. The van der Waals surface area contributed by atoms with Crippen molar-refractivity contribution in [1.82, 2.24) is 4.57 Å². The second-order valence-electron chi connectivity index (χ2n) is 5.10. The molecule has 0 atom stereocenters. The van der Waals surface area contributed by atoms with Crippen molar-refractivity contribution >= 4 is 16.8 Å². The van der Waals surface area contributed by atoms with Crippen molar-refractivity contribution in [2.75, 3.05) is 0 Å². The molecule has 0 aliphatic heterocycles. The van der Waals surface area contributed by atoms with E-state index in [1.165, 1.54) is 6.07 Å². The molecule has 106 valence electrons. The van der Waals surface area contributed by atoms with Crippen LogP contribution in [0.4, 0.5) is 4.39 Å². The summed E-state index contributed by atoms with van der Waals surface area (Å²) in [7, 11) is 0. The third-order valence-electron chi connectivity index (χ3n) is 3.68. The number of primary amides is 1. The lowest BCUT2D eigenvalue weighted by atomic mass is 10.1. The van der Waals surface area contributed by atoms with Gasteiger partial charge in [0.2, 0.25) is 5.91 Å². The predicted octanol–water partition coefficient (Wildman–Crippen LogP) is 3.24. The van der Waals surface area contributed by atoms with Crippen molar-refractivity contribution in [1.29, 1.82) is 0 Å². The van der Waals surface area contributed by atoms with E-state index in [0.717, 1.165) is 16.6 Å². The molecule has 2 aromatic carbocycles. The minimum atomic E-state index is -0.622. The zero-order valence-electron chi connectivity index (χ0n) is 11.6. The first-order chi connectivity index (χ1) is 10.1. The average Bonchev–Trinajstić information content (AvgIpc) is 2.77. The van der Waals surface area contributed by atoms with Gasteiger partial charge >= 0.3 is 0 Å². The molecule has 3 rings (SSSR count). The Morgan fingerprint density at radius 1 is 1.19 bits per heavy atom. The Bertz CT molecular complexity index is 836. The minimum absolute atomic E-state index is 0.185. The van der Waals surface area contributed by atoms with Gasteiger partial charge in [0, 0.05) is 22.3 Å². The van der Waals surface area contributed by atoms with Gasteiger partial charge in [-0.3, -0.25) is 4.79 Å². The number of halogens is 1. The summed E-state index contributed by atoms with van der Waals surface area (Å²) >= 11 is 0. The van der Waals surface area contributed by atoms with Gasteiger partial charge in [-0.1, -0.05) is 24.3 Å². The number of para-hydroxylation sites is 1. The van der Waals surface area contributed by atoms with Crippen molar-refractivity contribution in [2.24, 2.45) is 5.73 Å². The zero-order valence-corrected chi connectivity index (χ0v) is 11.6. The number of benzene rings is 2. The number of hydrogen-bond acceptors (Lipinski definition) is 1. The molecule has 0 unspecified atom stereocenters. The molecule has 1 heterocycles. The van der Waals surface area contributed by atoms with Gasteiger partial charge < -0.3 is 10.3 Å². The number of aryl methyl sites for hydroxylation is 1. The van der Waals surface area contributed by atoms with Crippen LogP contribution in [-0.4, -0.2) is 10.5 Å². The number of carbonyl (C=O) groups excluding carboxylic acids is 1. The predicted molar refractivity (Wildman–Crippen MR) is 80.7 cm³/mol. The molecule has 3 aromatic rings. The number of aromatic nitrogens is 1. The van der Waals surface area contributed by atoms with Crippen molar-refractivity contribution < 1.29 is 9.18 Å². The van der Waals surface area contributed by atoms with Crippen LogP contribution in [0.3, 0.4) is 0 Å². The molecule has 0 spiro atoms. The van der Waals surface area contributed by atoms with Crippen molar-refractivity contribution in [3.05, 3.63) is 71.2 Å². The molecule has 2 N–H and O–H groups in total. The molecule has 21 heavy (non-hydrogen) atoms. The molecule has 0 saturated carbocycles. The van der Waals surface area contributed by atoms with Gasteiger partial charge in [-0.05, 0) is 36.6 Å². The van der Waals surface area contributed by atoms with Crippen LogP contribution in [0.2, 0.25) is 0 Å². The van der Waals surface area contributed by atoms with E-state index < -0.39 is 11.7 Å². The van der Waals surface area contributed by atoms with E-state index in [-0.39, 0.29) is 5.56 Å². The van der Waals surface area contributed by atoms with E-state index in [2.05, 4.69) is 10.6 Å². The molecule has 0 aliphatic carbocycles. The fourth-order valence-corrected chi connectivity index (χ4v) is 2.56. The van der Waals surface area contributed by atoms with E-state index in [0.29, 0.717) is 12.1 Å². The van der Waals surface area contributed by atoms with E-state index in [4.69, 9.17) is 5.73 Å². The Balaban J connectivity index is 2.03. The van der Waals surface area contributed by atoms with Crippen LogP contribution in [0, 0.1) is 12.7 Å². The maximum Gasteiger partial charge on any atom is 0.248 e. The van der Waals surface area contributed by atoms with E-state index >= 15 is 0 Å². The molecule has 0 bridgehead atoms. The average molecular weight is 282 g/mol. The minimum Gasteiger partial charge on any atom is -0.366 e. The van der Waals surface area contributed by atoms with Crippen LogP contribution in [0.15, 0.2) is 48.5 Å². The first-order valence-electron chi connectivity index (χ1n) is 6.69. The summed E-state index contributed by atoms with van der Waals surface area (Å²) in [5.74, 6) is -1.04. The van der Waals surface area contributed by atoms with Gasteiger partial charge in [-0.25, -0.2) is 4.39 Å². The topological polar surface area (TPSA) is 48.0 Å². The molecule has 0 radical (unpaired) electrons. The third-order valence-corrected chi connectivity index (χ3v) is 3.68. The number of nitrogens with zero attached hydrogens (tertiary/aromatic N) is 1. The van der Waals surface area contributed by atoms with Gasteiger partial charge in [0.25, 0.3) is 0 Å². The fraction of sp³-hybridized carbons (Fsp3) is 0.118. The summed E-state index contributed by atoms with van der Waals surface area (Å²) in [4.78, 5) is 11.1. The van der Waals surface area contributed by atoms with Crippen LogP contribution >= 0.6 is 0 Å². The van der Waals surface area contributed by atoms with Crippen LogP contribution in [-0.2, 0) is 6.54 Å². The summed E-state index contributed by atoms with van der Waals surface area (Å²) in [6.45, 7) is 2.42. The largest absolute Gasteiger partial charge is 0.366 e. The molecule has 0 fully saturated rings. The summed E-state index contributed by atoms with van der Waals surface area (Å²) in [5, 5.41) is 1.13. The molecule has 4 heteroatoms. The quantitative estimate of drug-likeness (QED) is 0.787. The van der Waals surface area contributed by atoms with E-state index in [1.54, 1.807) is 12.1 Å². The van der Waals surface area contributed by atoms with Crippen molar-refractivity contribution in [3.63, 3.8) is 0 Å². The van der Waals surface area contributed by atoms with Crippen molar-refractivity contribution in [2.45, 2.75) is 13.5 Å². The summed E-state index contributed by atoms with van der Waals surface area (Å²) < 4.78 is 16.2. The SMILES string of the molecule is Cc1cc2ccccc2n1Cc1ccc(C(N)=O)cc1F. The number of nitrogens with two attached hydrogens (primary N) is 1. The second kappa shape index (κ2) is 5.05. The Morgan fingerprint density at radius 3 is 2.67 bits per heavy atom. The summed E-state index contributed by atoms with van der Waals surface area (Å²) in [6.07, 6.45) is 0. The normalized spacial score (nSPS) is 11.0. The highest BCUT2D eigenvalue weighted by Crippen LogP contribution is 2.21. The van der Waals surface area contributed by atoms with Gasteiger partial charge in [0.05, 0.1) is 6.54 Å². The fourth-order valence-electron chi connectivity index (χ4n) is 2.56. The van der Waals surface area contributed by atoms with Crippen LogP contribution in [0.5, 0.6) is 0 Å². The lowest BCUT2D eigenvalue weighted by Crippen LogP contribution is -2.12. The molecule has 0 saturated heterocycles. The van der Waals surface area contributed by atoms with Gasteiger partial charge in [-0.15, -0.1) is 0 Å². The molecular formula is C17H15FN2O. The van der Waals surface area contributed by atoms with E-state index in [1.807, 2.05) is 31.2 Å². The summed E-state index contributed by atoms with van der Waals surface area (Å²) in [6, 6.07) is 14.4. The molecular weight excluding hydrogens is 267 g/mol. The number of rotatable bonds is 3. The molecule has 3 nitrogen and oxygen atoms in total. The standard InChI is InChI=1S/C17H15FN2O/c1-11-8-12-4-2-3-5-16(12)20(11)10-14-7-6-13(17(19)21)9-15(14)18/h2-9H,10H2,1H3,(H2,19,21). The van der Waals surface area contributed by atoms with Crippen LogP contribution < -0.4 is 5.73 Å². The Morgan fingerprint density at radius 2 is 1.95 bits per heavy atom. The smallest absolute Gasteiger partial charge is 0.248 e. The lowest BCUT2D eigenvalue weighted by Gasteiger charge is -2.10.